The average molecular weight is 438 g/mol. The minimum atomic E-state index is 0. The Kier molecular flexibility index (Phi) is 8.08. The maximum Gasteiger partial charge on any atom is 0.130 e. The number of halogens is 3. The first-order valence-electron chi connectivity index (χ1n) is 8.81. The van der Waals surface area contributed by atoms with E-state index in [-0.39, 0.29) is 24.8 Å². The van der Waals surface area contributed by atoms with Crippen molar-refractivity contribution in [3.05, 3.63) is 76.7 Å². The molecule has 28 heavy (non-hydrogen) atoms. The molecule has 0 saturated carbocycles. The van der Waals surface area contributed by atoms with Gasteiger partial charge in [-0.05, 0) is 53.8 Å². The van der Waals surface area contributed by atoms with E-state index in [4.69, 9.17) is 11.6 Å². The molecule has 0 fully saturated rings. The molecule has 0 atom stereocenters. The molecule has 0 spiro atoms. The standard InChI is InChI=1S/C21H21ClN4.2ClH/c1-15-23-10-8-21(25-15)24-14-26-11-9-18-12-17(2-3-19(18)13-26)16-4-6-20(22)7-5-16;;/h2-8,10,12H,9,11,13-14H2,1H3,(H,23,24,25);2*1H. The normalized spacial score (nSPS) is 13.1. The summed E-state index contributed by atoms with van der Waals surface area (Å²) in [6.45, 7) is 4.68. The van der Waals surface area contributed by atoms with Gasteiger partial charge in [-0.25, -0.2) is 9.97 Å². The Morgan fingerprint density at radius 1 is 1.00 bits per heavy atom. The monoisotopic (exact) mass is 436 g/mol. The van der Waals surface area contributed by atoms with Crippen LogP contribution in [0.5, 0.6) is 0 Å². The smallest absolute Gasteiger partial charge is 0.130 e. The number of rotatable bonds is 4. The molecule has 3 aromatic rings. The van der Waals surface area contributed by atoms with E-state index in [9.17, 15) is 0 Å². The highest BCUT2D eigenvalue weighted by Crippen LogP contribution is 2.27. The number of benzene rings is 2. The maximum atomic E-state index is 5.99. The number of aryl methyl sites for hydroxylation is 1. The molecule has 148 valence electrons. The summed E-state index contributed by atoms with van der Waals surface area (Å²) in [4.78, 5) is 10.9. The molecule has 2 heterocycles. The molecule has 0 aliphatic carbocycles. The molecular weight excluding hydrogens is 415 g/mol. The lowest BCUT2D eigenvalue weighted by atomic mass is 9.95. The fourth-order valence-corrected chi connectivity index (χ4v) is 3.44. The van der Waals surface area contributed by atoms with E-state index >= 15 is 0 Å². The van der Waals surface area contributed by atoms with Gasteiger partial charge in [0.2, 0.25) is 0 Å². The second kappa shape index (κ2) is 10.1. The molecule has 1 aliphatic heterocycles. The van der Waals surface area contributed by atoms with Crippen LogP contribution >= 0.6 is 36.4 Å². The Morgan fingerprint density at radius 3 is 2.50 bits per heavy atom. The SMILES string of the molecule is Cc1nccc(NCN2CCc3cc(-c4ccc(Cl)cc4)ccc3C2)n1.Cl.Cl. The van der Waals surface area contributed by atoms with Gasteiger partial charge in [0.25, 0.3) is 0 Å². The minimum Gasteiger partial charge on any atom is -0.357 e. The van der Waals surface area contributed by atoms with E-state index in [0.717, 1.165) is 42.8 Å². The van der Waals surface area contributed by atoms with Gasteiger partial charge in [0.05, 0.1) is 6.67 Å². The average Bonchev–Trinajstić information content (AvgIpc) is 2.66. The number of anilines is 1. The molecule has 1 N–H and O–H groups in total. The second-order valence-electron chi connectivity index (χ2n) is 6.62. The predicted octanol–water partition coefficient (Wildman–Crippen LogP) is 5.38. The number of aromatic nitrogens is 2. The van der Waals surface area contributed by atoms with Crippen molar-refractivity contribution in [1.82, 2.24) is 14.9 Å². The van der Waals surface area contributed by atoms with Gasteiger partial charge in [0.15, 0.2) is 0 Å². The zero-order valence-electron chi connectivity index (χ0n) is 15.6. The first-order valence-corrected chi connectivity index (χ1v) is 9.19. The summed E-state index contributed by atoms with van der Waals surface area (Å²) in [6, 6.07) is 16.7. The summed E-state index contributed by atoms with van der Waals surface area (Å²) in [5, 5.41) is 4.16. The molecule has 4 nitrogen and oxygen atoms in total. The summed E-state index contributed by atoms with van der Waals surface area (Å²) < 4.78 is 0. The van der Waals surface area contributed by atoms with Gasteiger partial charge < -0.3 is 5.32 Å². The third-order valence-electron chi connectivity index (χ3n) is 4.73. The quantitative estimate of drug-likeness (QED) is 0.595. The summed E-state index contributed by atoms with van der Waals surface area (Å²) >= 11 is 5.99. The van der Waals surface area contributed by atoms with Gasteiger partial charge >= 0.3 is 0 Å². The fourth-order valence-electron chi connectivity index (χ4n) is 3.32. The van der Waals surface area contributed by atoms with Crippen LogP contribution in [-0.2, 0) is 13.0 Å². The zero-order valence-corrected chi connectivity index (χ0v) is 17.9. The predicted molar refractivity (Wildman–Crippen MR) is 121 cm³/mol. The minimum absolute atomic E-state index is 0. The third-order valence-corrected chi connectivity index (χ3v) is 4.99. The van der Waals surface area contributed by atoms with E-state index in [0.29, 0.717) is 0 Å². The van der Waals surface area contributed by atoms with Gasteiger partial charge in [-0.3, -0.25) is 4.90 Å². The van der Waals surface area contributed by atoms with Gasteiger partial charge in [-0.2, -0.15) is 0 Å². The van der Waals surface area contributed by atoms with E-state index < -0.39 is 0 Å². The molecule has 0 bridgehead atoms. The topological polar surface area (TPSA) is 41.1 Å². The molecule has 4 rings (SSSR count). The Labute approximate surface area is 183 Å². The zero-order chi connectivity index (χ0) is 17.9. The van der Waals surface area contributed by atoms with Crippen LogP contribution in [0.3, 0.4) is 0 Å². The van der Waals surface area contributed by atoms with Crippen LogP contribution in [0.15, 0.2) is 54.7 Å². The van der Waals surface area contributed by atoms with Crippen LogP contribution < -0.4 is 5.32 Å². The molecule has 0 unspecified atom stereocenters. The molecule has 0 saturated heterocycles. The van der Waals surface area contributed by atoms with Crippen LogP contribution in [0.25, 0.3) is 11.1 Å². The molecular formula is C21H23Cl3N4. The van der Waals surface area contributed by atoms with Gasteiger partial charge in [0.1, 0.15) is 11.6 Å². The van der Waals surface area contributed by atoms with Crippen molar-refractivity contribution < 1.29 is 0 Å². The summed E-state index contributed by atoms with van der Waals surface area (Å²) in [6.07, 6.45) is 2.84. The van der Waals surface area contributed by atoms with Gasteiger partial charge in [0, 0.05) is 24.3 Å². The Hall–Kier alpha value is -1.85. The summed E-state index contributed by atoms with van der Waals surface area (Å²) in [5.41, 5.74) is 5.30. The van der Waals surface area contributed by atoms with Gasteiger partial charge in [-0.15, -0.1) is 24.8 Å². The van der Waals surface area contributed by atoms with E-state index in [1.165, 1.54) is 22.3 Å². The molecule has 0 radical (unpaired) electrons. The van der Waals surface area contributed by atoms with Crippen molar-refractivity contribution >= 4 is 42.2 Å². The van der Waals surface area contributed by atoms with Crippen molar-refractivity contribution in [2.45, 2.75) is 19.9 Å². The van der Waals surface area contributed by atoms with Crippen LogP contribution in [-0.4, -0.2) is 28.1 Å². The fraction of sp³-hybridized carbons (Fsp3) is 0.238. The van der Waals surface area contributed by atoms with E-state index in [2.05, 4.69) is 50.5 Å². The second-order valence-corrected chi connectivity index (χ2v) is 7.05. The van der Waals surface area contributed by atoms with E-state index in [1.54, 1.807) is 6.20 Å². The lowest BCUT2D eigenvalue weighted by molar-refractivity contribution is 0.272. The first kappa shape index (κ1) is 22.4. The van der Waals surface area contributed by atoms with Crippen molar-refractivity contribution in [3.8, 4) is 11.1 Å². The first-order chi connectivity index (χ1) is 12.7. The van der Waals surface area contributed by atoms with Crippen molar-refractivity contribution in [3.63, 3.8) is 0 Å². The summed E-state index contributed by atoms with van der Waals surface area (Å²) in [7, 11) is 0. The van der Waals surface area contributed by atoms with Crippen molar-refractivity contribution in [2.24, 2.45) is 0 Å². The van der Waals surface area contributed by atoms with Crippen LogP contribution in [0.2, 0.25) is 5.02 Å². The summed E-state index contributed by atoms with van der Waals surface area (Å²) in [5.74, 6) is 1.66. The lowest BCUT2D eigenvalue weighted by Gasteiger charge is -2.29. The molecule has 0 amide bonds. The van der Waals surface area contributed by atoms with Gasteiger partial charge in [-0.1, -0.05) is 41.9 Å². The number of hydrogen-bond acceptors (Lipinski definition) is 4. The Bertz CT molecular complexity index is 916. The Morgan fingerprint density at radius 2 is 1.75 bits per heavy atom. The van der Waals surface area contributed by atoms with E-state index in [1.807, 2.05) is 25.1 Å². The van der Waals surface area contributed by atoms with Crippen LogP contribution in [0.1, 0.15) is 17.0 Å². The lowest BCUT2D eigenvalue weighted by Crippen LogP contribution is -2.34. The van der Waals surface area contributed by atoms with Crippen molar-refractivity contribution in [1.29, 1.82) is 0 Å². The maximum absolute atomic E-state index is 5.99. The molecule has 1 aromatic heterocycles. The number of hydrogen-bond donors (Lipinski definition) is 1. The Balaban J connectivity index is 0.00000140. The number of fused-ring (bicyclic) bond motifs is 1. The van der Waals surface area contributed by atoms with Crippen LogP contribution in [0, 0.1) is 6.92 Å². The highest BCUT2D eigenvalue weighted by molar-refractivity contribution is 6.30. The van der Waals surface area contributed by atoms with Crippen LogP contribution in [0.4, 0.5) is 5.82 Å². The largest absolute Gasteiger partial charge is 0.357 e. The van der Waals surface area contributed by atoms with Crippen molar-refractivity contribution in [2.75, 3.05) is 18.5 Å². The number of nitrogens with zero attached hydrogens (tertiary/aromatic N) is 3. The molecule has 2 aromatic carbocycles. The third kappa shape index (κ3) is 5.36. The molecule has 1 aliphatic rings. The molecule has 7 heteroatoms. The highest BCUT2D eigenvalue weighted by Gasteiger charge is 2.16. The highest BCUT2D eigenvalue weighted by atomic mass is 35.5. The number of nitrogens with one attached hydrogen (secondary N) is 1.